The summed E-state index contributed by atoms with van der Waals surface area (Å²) < 4.78 is 12.9. The van der Waals surface area contributed by atoms with Crippen molar-refractivity contribution in [3.05, 3.63) is 30.0 Å². The van der Waals surface area contributed by atoms with Gasteiger partial charge in [-0.3, -0.25) is 0 Å². The fourth-order valence-corrected chi connectivity index (χ4v) is 1.11. The lowest BCUT2D eigenvalue weighted by Gasteiger charge is -1.89. The summed E-state index contributed by atoms with van der Waals surface area (Å²) in [5.74, 6) is -0.575. The normalized spacial score (nSPS) is 10.0. The Morgan fingerprint density at radius 2 is 2.42 bits per heavy atom. The standard InChI is InChI=1S/C8H4FN3/c9-8-7-6(1-2-11-8)5(3-10)4-12-7/h1-2,4,12H. The molecule has 2 heterocycles. The first-order valence-corrected chi connectivity index (χ1v) is 3.34. The Morgan fingerprint density at radius 1 is 1.58 bits per heavy atom. The molecule has 2 aromatic heterocycles. The summed E-state index contributed by atoms with van der Waals surface area (Å²) in [6, 6.07) is 3.56. The largest absolute Gasteiger partial charge is 0.356 e. The van der Waals surface area contributed by atoms with Crippen LogP contribution in [0.2, 0.25) is 0 Å². The number of hydrogen-bond acceptors (Lipinski definition) is 2. The first kappa shape index (κ1) is 6.80. The number of aromatic nitrogens is 2. The molecular weight excluding hydrogens is 157 g/mol. The van der Waals surface area contributed by atoms with Gasteiger partial charge < -0.3 is 4.98 Å². The molecule has 0 aliphatic carbocycles. The zero-order valence-electron chi connectivity index (χ0n) is 6.00. The minimum Gasteiger partial charge on any atom is -0.356 e. The molecule has 4 heteroatoms. The highest BCUT2D eigenvalue weighted by Gasteiger charge is 2.06. The highest BCUT2D eigenvalue weighted by molar-refractivity contribution is 5.85. The molecule has 0 aliphatic rings. The highest BCUT2D eigenvalue weighted by atomic mass is 19.1. The molecule has 3 nitrogen and oxygen atoms in total. The monoisotopic (exact) mass is 161 g/mol. The van der Waals surface area contributed by atoms with Crippen LogP contribution in [0.3, 0.4) is 0 Å². The van der Waals surface area contributed by atoms with Crippen LogP contribution in [0.15, 0.2) is 18.5 Å². The molecule has 58 valence electrons. The van der Waals surface area contributed by atoms with Gasteiger partial charge in [0.2, 0.25) is 5.95 Å². The number of hydrogen-bond donors (Lipinski definition) is 1. The molecular formula is C8H4FN3. The van der Waals surface area contributed by atoms with Gasteiger partial charge in [-0.25, -0.2) is 4.98 Å². The van der Waals surface area contributed by atoms with Crippen LogP contribution in [0.5, 0.6) is 0 Å². The van der Waals surface area contributed by atoms with Crippen molar-refractivity contribution in [2.75, 3.05) is 0 Å². The van der Waals surface area contributed by atoms with Gasteiger partial charge in [-0.15, -0.1) is 0 Å². The minimum absolute atomic E-state index is 0.286. The van der Waals surface area contributed by atoms with E-state index < -0.39 is 5.95 Å². The van der Waals surface area contributed by atoms with Crippen molar-refractivity contribution in [1.82, 2.24) is 9.97 Å². The van der Waals surface area contributed by atoms with E-state index in [2.05, 4.69) is 9.97 Å². The van der Waals surface area contributed by atoms with Gasteiger partial charge in [0.25, 0.3) is 0 Å². The summed E-state index contributed by atoms with van der Waals surface area (Å²) in [5, 5.41) is 9.18. The lowest BCUT2D eigenvalue weighted by molar-refractivity contribution is 0.594. The van der Waals surface area contributed by atoms with Crippen molar-refractivity contribution in [3.63, 3.8) is 0 Å². The van der Waals surface area contributed by atoms with Crippen LogP contribution in [-0.2, 0) is 0 Å². The van der Waals surface area contributed by atoms with E-state index in [0.29, 0.717) is 10.9 Å². The summed E-state index contributed by atoms with van der Waals surface area (Å²) >= 11 is 0. The average molecular weight is 161 g/mol. The molecule has 0 saturated carbocycles. The molecule has 0 atom stereocenters. The lowest BCUT2D eigenvalue weighted by Crippen LogP contribution is -1.82. The van der Waals surface area contributed by atoms with Crippen LogP contribution < -0.4 is 0 Å². The fourth-order valence-electron chi connectivity index (χ4n) is 1.11. The molecule has 12 heavy (non-hydrogen) atoms. The van der Waals surface area contributed by atoms with Crippen LogP contribution in [-0.4, -0.2) is 9.97 Å². The molecule has 0 radical (unpaired) electrons. The second kappa shape index (κ2) is 2.31. The Kier molecular flexibility index (Phi) is 1.31. The number of nitrogens with one attached hydrogen (secondary N) is 1. The third-order valence-corrected chi connectivity index (χ3v) is 1.68. The van der Waals surface area contributed by atoms with Crippen molar-refractivity contribution >= 4 is 10.9 Å². The number of fused-ring (bicyclic) bond motifs is 1. The maximum atomic E-state index is 12.9. The molecule has 0 fully saturated rings. The van der Waals surface area contributed by atoms with Gasteiger partial charge in [-0.05, 0) is 6.07 Å². The quantitative estimate of drug-likeness (QED) is 0.596. The van der Waals surface area contributed by atoms with Crippen LogP contribution in [0.4, 0.5) is 4.39 Å². The Balaban J connectivity index is 2.91. The summed E-state index contributed by atoms with van der Waals surface area (Å²) in [6.45, 7) is 0. The molecule has 2 rings (SSSR count). The van der Waals surface area contributed by atoms with Crippen molar-refractivity contribution < 1.29 is 4.39 Å². The summed E-state index contributed by atoms with van der Waals surface area (Å²) in [4.78, 5) is 6.09. The van der Waals surface area contributed by atoms with Crippen molar-refractivity contribution in [3.8, 4) is 6.07 Å². The lowest BCUT2D eigenvalue weighted by atomic mass is 10.2. The van der Waals surface area contributed by atoms with E-state index in [0.717, 1.165) is 0 Å². The molecule has 0 unspecified atom stereocenters. The van der Waals surface area contributed by atoms with E-state index in [1.54, 1.807) is 6.07 Å². The summed E-state index contributed by atoms with van der Waals surface area (Å²) in [6.07, 6.45) is 2.81. The number of pyridine rings is 1. The maximum Gasteiger partial charge on any atom is 0.237 e. The number of aromatic amines is 1. The summed E-state index contributed by atoms with van der Waals surface area (Å²) in [7, 11) is 0. The second-order valence-electron chi connectivity index (χ2n) is 2.34. The van der Waals surface area contributed by atoms with Crippen LogP contribution in [0.1, 0.15) is 5.56 Å². The predicted octanol–water partition coefficient (Wildman–Crippen LogP) is 1.57. The molecule has 0 aliphatic heterocycles. The topological polar surface area (TPSA) is 52.5 Å². The van der Waals surface area contributed by atoms with E-state index in [1.807, 2.05) is 6.07 Å². The Morgan fingerprint density at radius 3 is 3.17 bits per heavy atom. The zero-order valence-corrected chi connectivity index (χ0v) is 6.00. The van der Waals surface area contributed by atoms with Crippen LogP contribution in [0.25, 0.3) is 10.9 Å². The van der Waals surface area contributed by atoms with Crippen LogP contribution >= 0.6 is 0 Å². The number of H-pyrrole nitrogens is 1. The molecule has 0 bridgehead atoms. The number of halogens is 1. The van der Waals surface area contributed by atoms with E-state index in [-0.39, 0.29) is 5.52 Å². The number of nitriles is 1. The smallest absolute Gasteiger partial charge is 0.237 e. The fraction of sp³-hybridized carbons (Fsp3) is 0. The van der Waals surface area contributed by atoms with Gasteiger partial charge >= 0.3 is 0 Å². The van der Waals surface area contributed by atoms with Crippen molar-refractivity contribution in [1.29, 1.82) is 5.26 Å². The third-order valence-electron chi connectivity index (χ3n) is 1.68. The first-order chi connectivity index (χ1) is 5.83. The predicted molar refractivity (Wildman–Crippen MR) is 40.8 cm³/mol. The van der Waals surface area contributed by atoms with E-state index in [1.165, 1.54) is 12.4 Å². The Hall–Kier alpha value is -1.89. The second-order valence-corrected chi connectivity index (χ2v) is 2.34. The summed E-state index contributed by atoms with van der Waals surface area (Å²) in [5.41, 5.74) is 0.723. The van der Waals surface area contributed by atoms with Gasteiger partial charge in [-0.2, -0.15) is 9.65 Å². The van der Waals surface area contributed by atoms with Gasteiger partial charge in [-0.1, -0.05) is 0 Å². The third kappa shape index (κ3) is 0.768. The van der Waals surface area contributed by atoms with Gasteiger partial charge in [0.05, 0.1) is 5.56 Å². The number of nitrogens with zero attached hydrogens (tertiary/aromatic N) is 2. The maximum absolute atomic E-state index is 12.9. The average Bonchev–Trinajstić information content (AvgIpc) is 2.49. The first-order valence-electron chi connectivity index (χ1n) is 3.34. The Labute approximate surface area is 67.5 Å². The Bertz CT molecular complexity index is 467. The van der Waals surface area contributed by atoms with Gasteiger partial charge in [0.1, 0.15) is 11.6 Å². The highest BCUT2D eigenvalue weighted by Crippen LogP contribution is 2.17. The molecule has 2 aromatic rings. The minimum atomic E-state index is -0.575. The van der Waals surface area contributed by atoms with Gasteiger partial charge in [0, 0.05) is 17.8 Å². The van der Waals surface area contributed by atoms with Crippen molar-refractivity contribution in [2.24, 2.45) is 0 Å². The SMILES string of the molecule is N#Cc1c[nH]c2c(F)nccc12. The van der Waals surface area contributed by atoms with E-state index in [4.69, 9.17) is 5.26 Å². The van der Waals surface area contributed by atoms with Crippen molar-refractivity contribution in [2.45, 2.75) is 0 Å². The zero-order chi connectivity index (χ0) is 8.55. The van der Waals surface area contributed by atoms with Crippen LogP contribution in [0, 0.1) is 17.3 Å². The molecule has 0 saturated heterocycles. The van der Waals surface area contributed by atoms with Gasteiger partial charge in [0.15, 0.2) is 0 Å². The molecule has 0 aromatic carbocycles. The molecule has 1 N–H and O–H groups in total. The van der Waals surface area contributed by atoms with E-state index >= 15 is 0 Å². The molecule has 0 amide bonds. The van der Waals surface area contributed by atoms with E-state index in [9.17, 15) is 4.39 Å². The number of rotatable bonds is 0. The molecule has 0 spiro atoms.